The molecule has 0 aliphatic heterocycles. The van der Waals surface area contributed by atoms with Crippen LogP contribution in [0.4, 0.5) is 5.13 Å². The summed E-state index contributed by atoms with van der Waals surface area (Å²) in [4.78, 5) is 16.7. The Morgan fingerprint density at radius 3 is 2.50 bits per heavy atom. The molecule has 1 amide bonds. The molecule has 28 heavy (non-hydrogen) atoms. The standard InChI is InChI=1S/C20H21N3O3S2/c1-16-7-5-6-8-17(16)11-12-21-19(24)15-23(20-22-13-14-27-20)28(25,26)18-9-3-2-4-10-18/h2-10,13-14H,11-12,15H2,1H3,(H,21,24). The van der Waals surface area contributed by atoms with Crippen LogP contribution in [-0.4, -0.2) is 32.4 Å². The zero-order valence-corrected chi connectivity index (χ0v) is 17.0. The van der Waals surface area contributed by atoms with E-state index in [-0.39, 0.29) is 22.5 Å². The molecule has 0 aliphatic rings. The molecule has 0 spiro atoms. The maximum Gasteiger partial charge on any atom is 0.266 e. The number of carbonyl (C=O) groups is 1. The van der Waals surface area contributed by atoms with Gasteiger partial charge in [-0.15, -0.1) is 11.3 Å². The van der Waals surface area contributed by atoms with Crippen LogP contribution in [0.3, 0.4) is 0 Å². The molecular weight excluding hydrogens is 394 g/mol. The molecule has 0 fully saturated rings. The summed E-state index contributed by atoms with van der Waals surface area (Å²) in [6.45, 7) is 2.13. The summed E-state index contributed by atoms with van der Waals surface area (Å²) in [5.41, 5.74) is 2.31. The summed E-state index contributed by atoms with van der Waals surface area (Å²) in [5.74, 6) is -0.372. The fourth-order valence-electron chi connectivity index (χ4n) is 2.73. The first-order valence-corrected chi connectivity index (χ1v) is 11.1. The molecule has 8 heteroatoms. The van der Waals surface area contributed by atoms with Gasteiger partial charge in [-0.1, -0.05) is 42.5 Å². The van der Waals surface area contributed by atoms with Crippen LogP contribution < -0.4 is 9.62 Å². The van der Waals surface area contributed by atoms with E-state index in [1.165, 1.54) is 29.7 Å². The minimum atomic E-state index is -3.88. The van der Waals surface area contributed by atoms with Gasteiger partial charge in [0.05, 0.1) is 4.90 Å². The third kappa shape index (κ3) is 4.76. The lowest BCUT2D eigenvalue weighted by atomic mass is 10.1. The van der Waals surface area contributed by atoms with Crippen molar-refractivity contribution in [3.63, 3.8) is 0 Å². The SMILES string of the molecule is Cc1ccccc1CCNC(=O)CN(c1nccs1)S(=O)(=O)c1ccccc1. The average molecular weight is 416 g/mol. The van der Waals surface area contributed by atoms with Crippen LogP contribution in [0.1, 0.15) is 11.1 Å². The minimum absolute atomic E-state index is 0.123. The van der Waals surface area contributed by atoms with Gasteiger partial charge in [0.2, 0.25) is 5.91 Å². The molecule has 3 aromatic rings. The number of sulfonamides is 1. The van der Waals surface area contributed by atoms with Crippen LogP contribution in [0.2, 0.25) is 0 Å². The van der Waals surface area contributed by atoms with Gasteiger partial charge < -0.3 is 5.32 Å². The van der Waals surface area contributed by atoms with Crippen molar-refractivity contribution in [1.82, 2.24) is 10.3 Å². The Bertz CT molecular complexity index is 1020. The van der Waals surface area contributed by atoms with Crippen molar-refractivity contribution in [3.05, 3.63) is 77.3 Å². The van der Waals surface area contributed by atoms with E-state index in [0.717, 1.165) is 15.4 Å². The van der Waals surface area contributed by atoms with Gasteiger partial charge >= 0.3 is 0 Å². The lowest BCUT2D eigenvalue weighted by Gasteiger charge is -2.21. The number of hydrogen-bond acceptors (Lipinski definition) is 5. The Hall–Kier alpha value is -2.71. The first-order valence-electron chi connectivity index (χ1n) is 8.77. The van der Waals surface area contributed by atoms with Crippen LogP contribution in [0.15, 0.2) is 71.1 Å². The Morgan fingerprint density at radius 1 is 1.11 bits per heavy atom. The van der Waals surface area contributed by atoms with Gasteiger partial charge in [-0.05, 0) is 36.6 Å². The van der Waals surface area contributed by atoms with E-state index in [0.29, 0.717) is 13.0 Å². The van der Waals surface area contributed by atoms with Gasteiger partial charge in [0.25, 0.3) is 10.0 Å². The minimum Gasteiger partial charge on any atom is -0.354 e. The van der Waals surface area contributed by atoms with Crippen molar-refractivity contribution < 1.29 is 13.2 Å². The normalized spacial score (nSPS) is 11.2. The van der Waals surface area contributed by atoms with Crippen LogP contribution in [0.25, 0.3) is 0 Å². The van der Waals surface area contributed by atoms with E-state index in [4.69, 9.17) is 0 Å². The number of thiazole rings is 1. The topological polar surface area (TPSA) is 79.4 Å². The maximum atomic E-state index is 13.0. The second-order valence-corrected chi connectivity index (χ2v) is 8.90. The molecule has 2 aromatic carbocycles. The predicted octanol–water partition coefficient (Wildman–Crippen LogP) is 3.01. The number of nitrogens with one attached hydrogen (secondary N) is 1. The summed E-state index contributed by atoms with van der Waals surface area (Å²) in [6, 6.07) is 16.0. The van der Waals surface area contributed by atoms with Crippen LogP contribution in [0, 0.1) is 6.92 Å². The summed E-state index contributed by atoms with van der Waals surface area (Å²) in [7, 11) is -3.88. The van der Waals surface area contributed by atoms with E-state index in [2.05, 4.69) is 10.3 Å². The van der Waals surface area contributed by atoms with E-state index in [1.54, 1.807) is 23.6 Å². The van der Waals surface area contributed by atoms with Crippen molar-refractivity contribution in [2.24, 2.45) is 0 Å². The number of anilines is 1. The van der Waals surface area contributed by atoms with Crippen molar-refractivity contribution in [2.75, 3.05) is 17.4 Å². The number of nitrogens with zero attached hydrogens (tertiary/aromatic N) is 2. The molecule has 0 atom stereocenters. The second kappa shape index (κ2) is 8.99. The number of aromatic nitrogens is 1. The van der Waals surface area contributed by atoms with Gasteiger partial charge in [0, 0.05) is 18.1 Å². The van der Waals surface area contributed by atoms with Gasteiger partial charge in [0.1, 0.15) is 6.54 Å². The molecule has 0 aliphatic carbocycles. The van der Waals surface area contributed by atoms with Crippen molar-refractivity contribution in [1.29, 1.82) is 0 Å². The van der Waals surface area contributed by atoms with Crippen LogP contribution >= 0.6 is 11.3 Å². The Labute approximate surface area is 168 Å². The highest BCUT2D eigenvalue weighted by Crippen LogP contribution is 2.25. The second-order valence-electron chi connectivity index (χ2n) is 6.17. The zero-order valence-electron chi connectivity index (χ0n) is 15.4. The maximum absolute atomic E-state index is 13.0. The number of benzene rings is 2. The molecule has 0 saturated heterocycles. The number of carbonyl (C=O) groups excluding carboxylic acids is 1. The lowest BCUT2D eigenvalue weighted by Crippen LogP contribution is -2.41. The Balaban J connectivity index is 1.70. The Kier molecular flexibility index (Phi) is 6.43. The molecule has 6 nitrogen and oxygen atoms in total. The number of hydrogen-bond donors (Lipinski definition) is 1. The molecule has 1 N–H and O–H groups in total. The number of amides is 1. The van der Waals surface area contributed by atoms with Gasteiger partial charge in [-0.3, -0.25) is 4.79 Å². The molecule has 3 rings (SSSR count). The summed E-state index contributed by atoms with van der Waals surface area (Å²) < 4.78 is 27.1. The number of rotatable bonds is 8. The molecule has 1 aromatic heterocycles. The monoisotopic (exact) mass is 415 g/mol. The quantitative estimate of drug-likeness (QED) is 0.613. The van der Waals surface area contributed by atoms with E-state index in [1.807, 2.05) is 31.2 Å². The highest BCUT2D eigenvalue weighted by molar-refractivity contribution is 7.93. The lowest BCUT2D eigenvalue weighted by molar-refractivity contribution is -0.119. The van der Waals surface area contributed by atoms with Crippen molar-refractivity contribution in [3.8, 4) is 0 Å². The predicted molar refractivity (Wildman–Crippen MR) is 111 cm³/mol. The zero-order chi connectivity index (χ0) is 20.0. The van der Waals surface area contributed by atoms with E-state index < -0.39 is 10.0 Å². The molecular formula is C20H21N3O3S2. The van der Waals surface area contributed by atoms with E-state index >= 15 is 0 Å². The fraction of sp³-hybridized carbons (Fsp3) is 0.200. The molecule has 0 unspecified atom stereocenters. The number of aryl methyl sites for hydroxylation is 1. The van der Waals surface area contributed by atoms with Crippen molar-refractivity contribution >= 4 is 32.4 Å². The average Bonchev–Trinajstić information content (AvgIpc) is 3.22. The van der Waals surface area contributed by atoms with Gasteiger partial charge in [-0.2, -0.15) is 0 Å². The summed E-state index contributed by atoms with van der Waals surface area (Å²) in [5, 5.41) is 4.75. The highest BCUT2D eigenvalue weighted by Gasteiger charge is 2.28. The third-order valence-electron chi connectivity index (χ3n) is 4.23. The van der Waals surface area contributed by atoms with Crippen molar-refractivity contribution in [2.45, 2.75) is 18.2 Å². The molecule has 146 valence electrons. The molecule has 0 saturated carbocycles. The van der Waals surface area contributed by atoms with E-state index in [9.17, 15) is 13.2 Å². The first kappa shape index (κ1) is 20.0. The largest absolute Gasteiger partial charge is 0.354 e. The smallest absolute Gasteiger partial charge is 0.266 e. The van der Waals surface area contributed by atoms with Crippen LogP contribution in [0.5, 0.6) is 0 Å². The van der Waals surface area contributed by atoms with Gasteiger partial charge in [0.15, 0.2) is 5.13 Å². The fourth-order valence-corrected chi connectivity index (χ4v) is 4.99. The highest BCUT2D eigenvalue weighted by atomic mass is 32.2. The van der Waals surface area contributed by atoms with Gasteiger partial charge in [-0.25, -0.2) is 17.7 Å². The Morgan fingerprint density at radius 2 is 1.82 bits per heavy atom. The molecule has 0 radical (unpaired) electrons. The third-order valence-corrected chi connectivity index (χ3v) is 6.89. The first-order chi connectivity index (χ1) is 13.5. The summed E-state index contributed by atoms with van der Waals surface area (Å²) in [6.07, 6.45) is 2.20. The van der Waals surface area contributed by atoms with Crippen LogP contribution in [-0.2, 0) is 21.2 Å². The molecule has 1 heterocycles. The molecule has 0 bridgehead atoms. The summed E-state index contributed by atoms with van der Waals surface area (Å²) >= 11 is 1.17.